The number of nitrogens with zero attached hydrogens (tertiary/aromatic N) is 3. The number of rotatable bonds is 5. The maximum atomic E-state index is 12.3. The lowest BCUT2D eigenvalue weighted by atomic mass is 10.2. The third kappa shape index (κ3) is 3.13. The molecule has 7 nitrogen and oxygen atoms in total. The van der Waals surface area contributed by atoms with E-state index in [1.54, 1.807) is 24.7 Å². The average molecular weight is 344 g/mol. The molecule has 0 fully saturated rings. The van der Waals surface area contributed by atoms with Gasteiger partial charge in [-0.2, -0.15) is 5.10 Å². The molecule has 0 spiro atoms. The van der Waals surface area contributed by atoms with Gasteiger partial charge in [-0.1, -0.05) is 18.2 Å². The third-order valence-electron chi connectivity index (χ3n) is 3.60. The van der Waals surface area contributed by atoms with Crippen LogP contribution in [0, 0.1) is 6.92 Å². The van der Waals surface area contributed by atoms with Crippen molar-refractivity contribution in [3.05, 3.63) is 46.0 Å². The summed E-state index contributed by atoms with van der Waals surface area (Å²) in [5.74, 6) is -1.21. The molecule has 0 aliphatic rings. The summed E-state index contributed by atoms with van der Waals surface area (Å²) in [6, 6.07) is 7.29. The normalized spacial score (nSPS) is 12.2. The number of aryl methyl sites for hydroxylation is 1. The Bertz CT molecular complexity index is 915. The van der Waals surface area contributed by atoms with Gasteiger partial charge in [-0.15, -0.1) is 11.3 Å². The van der Waals surface area contributed by atoms with Gasteiger partial charge in [-0.05, 0) is 19.9 Å². The molecule has 0 bridgehead atoms. The van der Waals surface area contributed by atoms with Crippen LogP contribution in [0.5, 0.6) is 0 Å². The summed E-state index contributed by atoms with van der Waals surface area (Å²) in [6.45, 7) is 3.52. The molecule has 2 heterocycles. The highest BCUT2D eigenvalue weighted by Crippen LogP contribution is 2.23. The zero-order valence-electron chi connectivity index (χ0n) is 13.2. The summed E-state index contributed by atoms with van der Waals surface area (Å²) >= 11 is 1.08. The second-order valence-corrected chi connectivity index (χ2v) is 6.45. The number of fused-ring (bicyclic) bond motifs is 1. The Morgan fingerprint density at radius 1 is 1.38 bits per heavy atom. The monoisotopic (exact) mass is 344 g/mol. The lowest BCUT2D eigenvalue weighted by Crippen LogP contribution is -2.30. The number of hydrogen-bond acceptors (Lipinski definition) is 5. The van der Waals surface area contributed by atoms with Crippen molar-refractivity contribution < 1.29 is 14.7 Å². The maximum absolute atomic E-state index is 12.3. The largest absolute Gasteiger partial charge is 0.477 e. The number of aromatic nitrogens is 3. The van der Waals surface area contributed by atoms with Gasteiger partial charge in [0.15, 0.2) is 0 Å². The molecule has 0 aliphatic heterocycles. The van der Waals surface area contributed by atoms with Crippen molar-refractivity contribution in [3.8, 4) is 0 Å². The molecular weight excluding hydrogens is 328 g/mol. The summed E-state index contributed by atoms with van der Waals surface area (Å²) < 4.78 is 1.63. The smallest absolute Gasteiger partial charge is 0.347 e. The number of carboxylic acids is 1. The van der Waals surface area contributed by atoms with Gasteiger partial charge < -0.3 is 10.4 Å². The van der Waals surface area contributed by atoms with Crippen LogP contribution in [0.3, 0.4) is 0 Å². The van der Waals surface area contributed by atoms with E-state index < -0.39 is 5.97 Å². The van der Waals surface area contributed by atoms with E-state index in [1.807, 2.05) is 24.3 Å². The number of carboxylic acid groups (broad SMARTS) is 1. The van der Waals surface area contributed by atoms with E-state index in [-0.39, 0.29) is 23.4 Å². The fourth-order valence-corrected chi connectivity index (χ4v) is 3.35. The van der Waals surface area contributed by atoms with Gasteiger partial charge in [0, 0.05) is 5.39 Å². The van der Waals surface area contributed by atoms with E-state index in [2.05, 4.69) is 15.4 Å². The molecule has 0 saturated heterocycles. The van der Waals surface area contributed by atoms with E-state index in [1.165, 1.54) is 0 Å². The predicted octanol–water partition coefficient (Wildman–Crippen LogP) is 2.38. The minimum atomic E-state index is -1.00. The number of carbonyl (C=O) groups excluding carboxylic acids is 1. The van der Waals surface area contributed by atoms with E-state index in [9.17, 15) is 9.59 Å². The van der Waals surface area contributed by atoms with E-state index >= 15 is 0 Å². The first-order valence-electron chi connectivity index (χ1n) is 7.36. The first-order chi connectivity index (χ1) is 11.5. The quantitative estimate of drug-likeness (QED) is 0.740. The lowest BCUT2D eigenvalue weighted by Gasteiger charge is -2.11. The minimum absolute atomic E-state index is 0.0913. The Labute approximate surface area is 141 Å². The van der Waals surface area contributed by atoms with Crippen molar-refractivity contribution in [2.45, 2.75) is 26.4 Å². The van der Waals surface area contributed by atoms with Gasteiger partial charge in [-0.25, -0.2) is 9.78 Å². The standard InChI is InChI=1S/C16H16N4O3S/c1-9-14(16(22)23)24-15(19-9)10(2)18-13(21)8-20-12-6-4-3-5-11(12)7-17-20/h3-7,10H,8H2,1-2H3,(H,18,21)(H,22,23). The highest BCUT2D eigenvalue weighted by molar-refractivity contribution is 7.13. The number of benzene rings is 1. The third-order valence-corrected chi connectivity index (χ3v) is 4.93. The van der Waals surface area contributed by atoms with E-state index in [0.29, 0.717) is 10.7 Å². The highest BCUT2D eigenvalue weighted by Gasteiger charge is 2.19. The number of carbonyl (C=O) groups is 2. The molecule has 1 amide bonds. The minimum Gasteiger partial charge on any atom is -0.477 e. The van der Waals surface area contributed by atoms with Crippen molar-refractivity contribution >= 4 is 34.1 Å². The summed E-state index contributed by atoms with van der Waals surface area (Å²) in [5.41, 5.74) is 1.35. The van der Waals surface area contributed by atoms with Crippen molar-refractivity contribution in [1.82, 2.24) is 20.1 Å². The van der Waals surface area contributed by atoms with Gasteiger partial charge >= 0.3 is 5.97 Å². The second-order valence-electron chi connectivity index (χ2n) is 5.42. The average Bonchev–Trinajstić information content (AvgIpc) is 3.11. The predicted molar refractivity (Wildman–Crippen MR) is 90.1 cm³/mol. The summed E-state index contributed by atoms with van der Waals surface area (Å²) in [5, 5.41) is 17.7. The Balaban J connectivity index is 1.70. The van der Waals surface area contributed by atoms with Crippen LogP contribution >= 0.6 is 11.3 Å². The van der Waals surface area contributed by atoms with Gasteiger partial charge in [0.05, 0.1) is 23.4 Å². The number of amides is 1. The first-order valence-corrected chi connectivity index (χ1v) is 8.18. The molecule has 1 aromatic carbocycles. The highest BCUT2D eigenvalue weighted by atomic mass is 32.1. The Kier molecular flexibility index (Phi) is 4.30. The van der Waals surface area contributed by atoms with Crippen LogP contribution in [-0.4, -0.2) is 31.7 Å². The molecule has 0 radical (unpaired) electrons. The molecule has 3 aromatic rings. The maximum Gasteiger partial charge on any atom is 0.347 e. The van der Waals surface area contributed by atoms with E-state index in [0.717, 1.165) is 22.2 Å². The second kappa shape index (κ2) is 6.40. The molecule has 1 atom stereocenters. The molecule has 24 heavy (non-hydrogen) atoms. The van der Waals surface area contributed by atoms with Crippen molar-refractivity contribution in [2.75, 3.05) is 0 Å². The molecule has 124 valence electrons. The van der Waals surface area contributed by atoms with Crippen LogP contribution in [0.15, 0.2) is 30.5 Å². The van der Waals surface area contributed by atoms with Crippen LogP contribution in [0.2, 0.25) is 0 Å². The van der Waals surface area contributed by atoms with Crippen LogP contribution in [0.25, 0.3) is 10.9 Å². The van der Waals surface area contributed by atoms with Gasteiger partial charge in [0.1, 0.15) is 16.4 Å². The molecule has 1 unspecified atom stereocenters. The Morgan fingerprint density at radius 2 is 2.12 bits per heavy atom. The lowest BCUT2D eigenvalue weighted by molar-refractivity contribution is -0.122. The van der Waals surface area contributed by atoms with Gasteiger partial charge in [-0.3, -0.25) is 9.48 Å². The number of nitrogens with one attached hydrogen (secondary N) is 1. The number of aromatic carboxylic acids is 1. The molecule has 2 N–H and O–H groups in total. The van der Waals surface area contributed by atoms with Crippen LogP contribution in [-0.2, 0) is 11.3 Å². The zero-order chi connectivity index (χ0) is 17.3. The summed E-state index contributed by atoms with van der Waals surface area (Å²) in [7, 11) is 0. The van der Waals surface area contributed by atoms with Crippen molar-refractivity contribution in [3.63, 3.8) is 0 Å². The molecular formula is C16H16N4O3S. The SMILES string of the molecule is Cc1nc(C(C)NC(=O)Cn2ncc3ccccc32)sc1C(=O)O. The summed E-state index contributed by atoms with van der Waals surface area (Å²) in [6.07, 6.45) is 1.72. The fourth-order valence-electron chi connectivity index (χ4n) is 2.44. The first kappa shape index (κ1) is 16.1. The molecule has 8 heteroatoms. The van der Waals surface area contributed by atoms with Crippen LogP contribution < -0.4 is 5.32 Å². The van der Waals surface area contributed by atoms with Gasteiger partial charge in [0.2, 0.25) is 5.91 Å². The van der Waals surface area contributed by atoms with Gasteiger partial charge in [0.25, 0.3) is 0 Å². The topological polar surface area (TPSA) is 97.1 Å². The molecule has 0 saturated carbocycles. The number of thiazole rings is 1. The molecule has 3 rings (SSSR count). The van der Waals surface area contributed by atoms with Crippen molar-refractivity contribution in [2.24, 2.45) is 0 Å². The zero-order valence-corrected chi connectivity index (χ0v) is 14.0. The molecule has 2 aromatic heterocycles. The van der Waals surface area contributed by atoms with E-state index in [4.69, 9.17) is 5.11 Å². The fraction of sp³-hybridized carbons (Fsp3) is 0.250. The summed E-state index contributed by atoms with van der Waals surface area (Å²) in [4.78, 5) is 27.8. The number of para-hydroxylation sites is 1. The van der Waals surface area contributed by atoms with Crippen LogP contribution in [0.4, 0.5) is 0 Å². The Hall–Kier alpha value is -2.74. The molecule has 0 aliphatic carbocycles. The Morgan fingerprint density at radius 3 is 2.83 bits per heavy atom. The number of hydrogen-bond donors (Lipinski definition) is 2. The van der Waals surface area contributed by atoms with Crippen molar-refractivity contribution in [1.29, 1.82) is 0 Å². The van der Waals surface area contributed by atoms with Crippen LogP contribution in [0.1, 0.15) is 33.3 Å².